The Balaban J connectivity index is 2.26. The second kappa shape index (κ2) is 6.96. The van der Waals surface area contributed by atoms with Crippen LogP contribution in [0.15, 0.2) is 11.1 Å². The first-order valence-corrected chi connectivity index (χ1v) is 9.29. The third-order valence-corrected chi connectivity index (χ3v) is 6.94. The molecule has 0 spiro atoms. The van der Waals surface area contributed by atoms with Gasteiger partial charge in [-0.2, -0.15) is 0 Å². The molecule has 2 N–H and O–H groups in total. The highest BCUT2D eigenvalue weighted by atomic mass is 16.4. The lowest BCUT2D eigenvalue weighted by Gasteiger charge is -2.54. The van der Waals surface area contributed by atoms with Gasteiger partial charge >= 0.3 is 5.97 Å². The first kappa shape index (κ1) is 18.5. The van der Waals surface area contributed by atoms with Gasteiger partial charge in [-0.3, -0.25) is 4.79 Å². The molecule has 3 nitrogen and oxygen atoms in total. The van der Waals surface area contributed by atoms with Crippen LogP contribution in [0.4, 0.5) is 0 Å². The second-order valence-electron chi connectivity index (χ2n) is 8.50. The number of aliphatic hydroxyl groups excluding tert-OH is 1. The molecule has 0 bridgehead atoms. The van der Waals surface area contributed by atoms with E-state index >= 15 is 0 Å². The van der Waals surface area contributed by atoms with Gasteiger partial charge in [-0.15, -0.1) is 0 Å². The van der Waals surface area contributed by atoms with Crippen LogP contribution >= 0.6 is 0 Å². The molecule has 1 unspecified atom stereocenters. The van der Waals surface area contributed by atoms with Crippen molar-refractivity contribution >= 4 is 5.97 Å². The van der Waals surface area contributed by atoms with Crippen molar-refractivity contribution in [1.82, 2.24) is 0 Å². The molecule has 4 atom stereocenters. The molecular weight excluding hydrogens is 288 g/mol. The van der Waals surface area contributed by atoms with Gasteiger partial charge < -0.3 is 10.2 Å². The van der Waals surface area contributed by atoms with E-state index in [4.69, 9.17) is 5.11 Å². The number of rotatable bonds is 6. The molecule has 0 heterocycles. The first-order chi connectivity index (χ1) is 10.8. The number of hydrogen-bond acceptors (Lipinski definition) is 2. The second-order valence-corrected chi connectivity index (χ2v) is 8.50. The zero-order chi connectivity index (χ0) is 17.3. The van der Waals surface area contributed by atoms with Crippen LogP contribution in [-0.2, 0) is 4.79 Å². The summed E-state index contributed by atoms with van der Waals surface area (Å²) in [4.78, 5) is 12.0. The van der Waals surface area contributed by atoms with E-state index in [1.54, 1.807) is 0 Å². The lowest BCUT2D eigenvalue weighted by molar-refractivity contribution is -0.159. The molecule has 2 aliphatic rings. The fourth-order valence-corrected chi connectivity index (χ4v) is 5.38. The largest absolute Gasteiger partial charge is 0.481 e. The van der Waals surface area contributed by atoms with Crippen molar-refractivity contribution in [1.29, 1.82) is 0 Å². The summed E-state index contributed by atoms with van der Waals surface area (Å²) in [5.41, 5.74) is 2.50. The summed E-state index contributed by atoms with van der Waals surface area (Å²) in [6.07, 6.45) is 8.04. The molecule has 0 amide bonds. The van der Waals surface area contributed by atoms with E-state index in [1.807, 2.05) is 6.92 Å². The summed E-state index contributed by atoms with van der Waals surface area (Å²) in [7, 11) is 0. The smallest absolute Gasteiger partial charge is 0.309 e. The molecule has 1 fully saturated rings. The van der Waals surface area contributed by atoms with Crippen LogP contribution in [0, 0.1) is 22.7 Å². The van der Waals surface area contributed by atoms with Gasteiger partial charge in [0.15, 0.2) is 0 Å². The molecule has 0 aromatic heterocycles. The van der Waals surface area contributed by atoms with Gasteiger partial charge in [-0.05, 0) is 76.0 Å². The molecular formula is C20H34O3. The van der Waals surface area contributed by atoms with Crippen molar-refractivity contribution in [2.45, 2.75) is 79.1 Å². The first-order valence-electron chi connectivity index (χ1n) is 9.29. The number of hydrogen-bond donors (Lipinski definition) is 2. The lowest BCUT2D eigenvalue weighted by atomic mass is 9.49. The van der Waals surface area contributed by atoms with Crippen molar-refractivity contribution in [3.63, 3.8) is 0 Å². The summed E-state index contributed by atoms with van der Waals surface area (Å²) in [5, 5.41) is 19.0. The number of carboxylic acids is 1. The number of aliphatic carboxylic acids is 1. The van der Waals surface area contributed by atoms with Gasteiger partial charge in [-0.25, -0.2) is 0 Å². The number of aliphatic hydroxyl groups is 1. The van der Waals surface area contributed by atoms with Gasteiger partial charge in [0.05, 0.1) is 5.41 Å². The molecule has 0 aliphatic heterocycles. The third kappa shape index (κ3) is 3.35. The zero-order valence-corrected chi connectivity index (χ0v) is 15.3. The minimum absolute atomic E-state index is 0.0483. The molecule has 0 saturated heterocycles. The van der Waals surface area contributed by atoms with Crippen molar-refractivity contribution in [3.8, 4) is 0 Å². The van der Waals surface area contributed by atoms with Crippen molar-refractivity contribution in [2.75, 3.05) is 6.61 Å². The predicted molar refractivity (Wildman–Crippen MR) is 93.2 cm³/mol. The topological polar surface area (TPSA) is 57.5 Å². The van der Waals surface area contributed by atoms with Gasteiger partial charge in [0, 0.05) is 6.61 Å². The van der Waals surface area contributed by atoms with Gasteiger partial charge in [-0.1, -0.05) is 31.4 Å². The minimum atomic E-state index is -0.610. The highest BCUT2D eigenvalue weighted by molar-refractivity contribution is 5.75. The van der Waals surface area contributed by atoms with Crippen molar-refractivity contribution < 1.29 is 15.0 Å². The van der Waals surface area contributed by atoms with Gasteiger partial charge in [0.2, 0.25) is 0 Å². The summed E-state index contributed by atoms with van der Waals surface area (Å²) < 4.78 is 0. The summed E-state index contributed by atoms with van der Waals surface area (Å²) in [6, 6.07) is 0. The number of carboxylic acid groups (broad SMARTS) is 1. The average Bonchev–Trinajstić information content (AvgIpc) is 2.46. The fraction of sp³-hybridized carbons (Fsp3) is 0.850. The highest BCUT2D eigenvalue weighted by Gasteiger charge is 2.55. The number of carbonyl (C=O) groups is 1. The predicted octanol–water partition coefficient (Wildman–Crippen LogP) is 4.79. The van der Waals surface area contributed by atoms with Crippen LogP contribution in [0.5, 0.6) is 0 Å². The molecule has 2 aliphatic carbocycles. The highest BCUT2D eigenvalue weighted by Crippen LogP contribution is 2.60. The number of fused-ring (bicyclic) bond motifs is 1. The van der Waals surface area contributed by atoms with E-state index < -0.39 is 11.4 Å². The lowest BCUT2D eigenvalue weighted by Crippen LogP contribution is -2.50. The Bertz CT molecular complexity index is 481. The van der Waals surface area contributed by atoms with Crippen molar-refractivity contribution in [3.05, 3.63) is 11.1 Å². The third-order valence-electron chi connectivity index (χ3n) is 6.94. The van der Waals surface area contributed by atoms with E-state index in [-0.39, 0.29) is 17.9 Å². The SMILES string of the molecule is CC1=C(CC[C@H](C)CCO)[C@@]2(C)CCCC(C)(C(=O)O)[C@@H]2CC1. The molecule has 2 rings (SSSR count). The molecule has 0 aromatic carbocycles. The summed E-state index contributed by atoms with van der Waals surface area (Å²) >= 11 is 0. The molecule has 0 radical (unpaired) electrons. The summed E-state index contributed by atoms with van der Waals surface area (Å²) in [6.45, 7) is 9.02. The van der Waals surface area contributed by atoms with E-state index in [2.05, 4.69) is 20.8 Å². The maximum absolute atomic E-state index is 12.0. The Morgan fingerprint density at radius 1 is 1.30 bits per heavy atom. The van der Waals surface area contributed by atoms with Crippen molar-refractivity contribution in [2.24, 2.45) is 22.7 Å². The number of allylic oxidation sites excluding steroid dienone is 2. The zero-order valence-electron chi connectivity index (χ0n) is 15.3. The van der Waals surface area contributed by atoms with Crippen LogP contribution in [0.25, 0.3) is 0 Å². The Hall–Kier alpha value is -0.830. The van der Waals surface area contributed by atoms with E-state index in [1.165, 1.54) is 11.1 Å². The van der Waals surface area contributed by atoms with Crippen LogP contribution in [0.2, 0.25) is 0 Å². The Morgan fingerprint density at radius 2 is 2.00 bits per heavy atom. The minimum Gasteiger partial charge on any atom is -0.481 e. The Morgan fingerprint density at radius 3 is 2.61 bits per heavy atom. The fourth-order valence-electron chi connectivity index (χ4n) is 5.38. The monoisotopic (exact) mass is 322 g/mol. The van der Waals surface area contributed by atoms with Crippen LogP contribution in [0.3, 0.4) is 0 Å². The van der Waals surface area contributed by atoms with Crippen LogP contribution < -0.4 is 0 Å². The molecule has 0 aromatic rings. The molecule has 1 saturated carbocycles. The summed E-state index contributed by atoms with van der Waals surface area (Å²) in [5.74, 6) is 0.174. The average molecular weight is 322 g/mol. The maximum atomic E-state index is 12.0. The Kier molecular flexibility index (Phi) is 5.60. The van der Waals surface area contributed by atoms with E-state index in [0.717, 1.165) is 51.4 Å². The normalized spacial score (nSPS) is 35.8. The van der Waals surface area contributed by atoms with Crippen LogP contribution in [0.1, 0.15) is 79.1 Å². The van der Waals surface area contributed by atoms with Crippen LogP contribution in [-0.4, -0.2) is 22.8 Å². The van der Waals surface area contributed by atoms with E-state index in [9.17, 15) is 9.90 Å². The molecule has 3 heteroatoms. The quantitative estimate of drug-likeness (QED) is 0.691. The standard InChI is InChI=1S/C20H34O3/c1-14(10-13-21)6-8-16-15(2)7-9-17-19(16,3)11-5-12-20(17,4)18(22)23/h14,17,21H,5-13H2,1-4H3,(H,22,23)/t14-,17+,19+,20?/m0/s1. The van der Waals surface area contributed by atoms with Gasteiger partial charge in [0.1, 0.15) is 0 Å². The Labute approximate surface area is 141 Å². The van der Waals surface area contributed by atoms with Gasteiger partial charge in [0.25, 0.3) is 0 Å². The van der Waals surface area contributed by atoms with E-state index in [0.29, 0.717) is 5.92 Å². The molecule has 23 heavy (non-hydrogen) atoms. The maximum Gasteiger partial charge on any atom is 0.309 e. The molecule has 132 valence electrons.